The molecule has 1 atom stereocenters. The van der Waals surface area contributed by atoms with Gasteiger partial charge in [-0.3, -0.25) is 0 Å². The zero-order chi connectivity index (χ0) is 19.2. The lowest BCUT2D eigenvalue weighted by Crippen LogP contribution is -2.53. The van der Waals surface area contributed by atoms with Crippen molar-refractivity contribution >= 4 is 29.0 Å². The number of rotatable bonds is 7. The molecule has 1 unspecified atom stereocenters. The molecule has 0 bridgehead atoms. The van der Waals surface area contributed by atoms with Crippen molar-refractivity contribution < 1.29 is 9.84 Å². The van der Waals surface area contributed by atoms with Gasteiger partial charge >= 0.3 is 0 Å². The first-order chi connectivity index (χ1) is 13.8. The molecule has 2 aromatic carbocycles. The standard InChI is InChI=1S/C22H24N2O2S2/c25-21-10-8-19(9-11-21)24-13-12-23(28-22-7-4-14-27-22)15-20(24)17-26-16-18-5-2-1-3-6-18/h1-11,14,20,25H,12-13,15-17H2. The van der Waals surface area contributed by atoms with Crippen molar-refractivity contribution in [2.45, 2.75) is 16.9 Å². The van der Waals surface area contributed by atoms with Gasteiger partial charge in [-0.1, -0.05) is 36.4 Å². The van der Waals surface area contributed by atoms with Crippen LogP contribution in [0.1, 0.15) is 5.56 Å². The van der Waals surface area contributed by atoms with Gasteiger partial charge in [0.05, 0.1) is 23.5 Å². The van der Waals surface area contributed by atoms with E-state index < -0.39 is 0 Å². The van der Waals surface area contributed by atoms with Crippen LogP contribution in [-0.4, -0.2) is 41.7 Å². The molecule has 0 saturated carbocycles. The van der Waals surface area contributed by atoms with Crippen molar-refractivity contribution in [1.29, 1.82) is 0 Å². The number of anilines is 1. The molecular formula is C22H24N2O2S2. The first kappa shape index (κ1) is 19.3. The van der Waals surface area contributed by atoms with Crippen molar-refractivity contribution in [2.24, 2.45) is 0 Å². The lowest BCUT2D eigenvalue weighted by Gasteiger charge is -2.42. The number of aromatic hydroxyl groups is 1. The van der Waals surface area contributed by atoms with Gasteiger partial charge in [-0.05, 0) is 53.2 Å². The highest BCUT2D eigenvalue weighted by molar-refractivity contribution is 7.98. The van der Waals surface area contributed by atoms with E-state index in [2.05, 4.69) is 38.9 Å². The third kappa shape index (κ3) is 5.08. The third-order valence-corrected chi connectivity index (χ3v) is 6.84. The maximum Gasteiger partial charge on any atom is 0.115 e. The Morgan fingerprint density at radius 1 is 1.00 bits per heavy atom. The Balaban J connectivity index is 1.43. The van der Waals surface area contributed by atoms with Crippen LogP contribution >= 0.6 is 23.3 Å². The van der Waals surface area contributed by atoms with Gasteiger partial charge in [-0.25, -0.2) is 4.31 Å². The number of phenolic OH excluding ortho intramolecular Hbond substituents is 1. The molecule has 2 heterocycles. The van der Waals surface area contributed by atoms with Gasteiger partial charge in [0.25, 0.3) is 0 Å². The summed E-state index contributed by atoms with van der Waals surface area (Å²) >= 11 is 3.61. The Morgan fingerprint density at radius 2 is 1.82 bits per heavy atom. The van der Waals surface area contributed by atoms with E-state index in [4.69, 9.17) is 4.74 Å². The molecule has 146 valence electrons. The lowest BCUT2D eigenvalue weighted by atomic mass is 10.1. The zero-order valence-corrected chi connectivity index (χ0v) is 17.2. The van der Waals surface area contributed by atoms with Crippen LogP contribution in [0.4, 0.5) is 5.69 Å². The van der Waals surface area contributed by atoms with Gasteiger partial charge in [0.2, 0.25) is 0 Å². The molecule has 28 heavy (non-hydrogen) atoms. The summed E-state index contributed by atoms with van der Waals surface area (Å²) in [5.74, 6) is 0.299. The fourth-order valence-electron chi connectivity index (χ4n) is 3.37. The van der Waals surface area contributed by atoms with E-state index >= 15 is 0 Å². The normalized spacial score (nSPS) is 17.7. The van der Waals surface area contributed by atoms with Gasteiger partial charge in [-0.15, -0.1) is 11.3 Å². The predicted octanol–water partition coefficient (Wildman–Crippen LogP) is 4.87. The Labute approximate surface area is 174 Å². The van der Waals surface area contributed by atoms with Crippen LogP contribution in [0.15, 0.2) is 76.3 Å². The highest BCUT2D eigenvalue weighted by atomic mass is 32.2. The molecule has 1 aromatic heterocycles. The summed E-state index contributed by atoms with van der Waals surface area (Å²) in [4.78, 5) is 2.40. The Hall–Kier alpha value is -1.99. The Morgan fingerprint density at radius 3 is 2.57 bits per heavy atom. The monoisotopic (exact) mass is 412 g/mol. The fraction of sp³-hybridized carbons (Fsp3) is 0.273. The SMILES string of the molecule is Oc1ccc(N2CCN(Sc3cccs3)CC2COCc2ccccc2)cc1. The first-order valence-corrected chi connectivity index (χ1v) is 11.1. The van der Waals surface area contributed by atoms with Crippen molar-refractivity contribution in [2.75, 3.05) is 31.1 Å². The van der Waals surface area contributed by atoms with E-state index in [0.29, 0.717) is 19.0 Å². The summed E-state index contributed by atoms with van der Waals surface area (Å²) in [7, 11) is 0. The zero-order valence-electron chi connectivity index (χ0n) is 15.6. The fourth-order valence-corrected chi connectivity index (χ4v) is 5.28. The Kier molecular flexibility index (Phi) is 6.54. The smallest absolute Gasteiger partial charge is 0.115 e. The predicted molar refractivity (Wildman–Crippen MR) is 117 cm³/mol. The van der Waals surface area contributed by atoms with Gasteiger partial charge in [0.1, 0.15) is 5.75 Å². The van der Waals surface area contributed by atoms with Crippen molar-refractivity contribution in [3.63, 3.8) is 0 Å². The number of hydrogen-bond acceptors (Lipinski definition) is 6. The molecule has 4 nitrogen and oxygen atoms in total. The molecule has 6 heteroatoms. The molecular weight excluding hydrogens is 388 g/mol. The molecule has 1 saturated heterocycles. The van der Waals surface area contributed by atoms with Crippen molar-refractivity contribution in [3.8, 4) is 5.75 Å². The maximum atomic E-state index is 9.62. The summed E-state index contributed by atoms with van der Waals surface area (Å²) in [6.45, 7) is 4.13. The molecule has 1 fully saturated rings. The van der Waals surface area contributed by atoms with E-state index in [1.54, 1.807) is 23.5 Å². The van der Waals surface area contributed by atoms with Crippen LogP contribution in [0.2, 0.25) is 0 Å². The minimum absolute atomic E-state index is 0.259. The second kappa shape index (κ2) is 9.47. The summed E-state index contributed by atoms with van der Waals surface area (Å²) < 4.78 is 9.84. The quantitative estimate of drug-likeness (QED) is 0.560. The molecule has 0 aliphatic carbocycles. The minimum Gasteiger partial charge on any atom is -0.508 e. The summed E-state index contributed by atoms with van der Waals surface area (Å²) in [6, 6.07) is 22.3. The third-order valence-electron chi connectivity index (χ3n) is 4.76. The Bertz CT molecular complexity index is 841. The van der Waals surface area contributed by atoms with Gasteiger partial charge < -0.3 is 14.7 Å². The molecule has 0 radical (unpaired) electrons. The number of phenols is 1. The number of nitrogens with zero attached hydrogens (tertiary/aromatic N) is 2. The molecule has 4 rings (SSSR count). The number of ether oxygens (including phenoxy) is 1. The molecule has 1 aliphatic rings. The van der Waals surface area contributed by atoms with E-state index in [-0.39, 0.29) is 6.04 Å². The van der Waals surface area contributed by atoms with Gasteiger partial charge in [0, 0.05) is 25.3 Å². The number of benzene rings is 2. The number of hydrogen-bond donors (Lipinski definition) is 1. The number of piperazine rings is 1. The van der Waals surface area contributed by atoms with Crippen LogP contribution in [0.3, 0.4) is 0 Å². The highest BCUT2D eigenvalue weighted by Gasteiger charge is 2.28. The van der Waals surface area contributed by atoms with Gasteiger partial charge in [0.15, 0.2) is 0 Å². The minimum atomic E-state index is 0.259. The van der Waals surface area contributed by atoms with E-state index in [1.807, 2.05) is 42.3 Å². The van der Waals surface area contributed by atoms with E-state index in [9.17, 15) is 5.11 Å². The highest BCUT2D eigenvalue weighted by Crippen LogP contribution is 2.31. The first-order valence-electron chi connectivity index (χ1n) is 9.42. The van der Waals surface area contributed by atoms with Crippen LogP contribution in [0, 0.1) is 0 Å². The maximum absolute atomic E-state index is 9.62. The molecule has 0 amide bonds. The van der Waals surface area contributed by atoms with Gasteiger partial charge in [-0.2, -0.15) is 0 Å². The topological polar surface area (TPSA) is 35.9 Å². The second-order valence-corrected chi connectivity index (χ2v) is 9.12. The van der Waals surface area contributed by atoms with Crippen molar-refractivity contribution in [1.82, 2.24) is 4.31 Å². The van der Waals surface area contributed by atoms with E-state index in [1.165, 1.54) is 9.77 Å². The molecule has 3 aromatic rings. The molecule has 1 N–H and O–H groups in total. The van der Waals surface area contributed by atoms with Crippen LogP contribution in [0.25, 0.3) is 0 Å². The van der Waals surface area contributed by atoms with Crippen LogP contribution in [0.5, 0.6) is 5.75 Å². The summed E-state index contributed by atoms with van der Waals surface area (Å²) in [6.07, 6.45) is 0. The van der Waals surface area contributed by atoms with Crippen LogP contribution < -0.4 is 4.90 Å². The van der Waals surface area contributed by atoms with E-state index in [0.717, 1.165) is 25.3 Å². The average Bonchev–Trinajstić information content (AvgIpc) is 3.23. The average molecular weight is 413 g/mol. The van der Waals surface area contributed by atoms with Crippen molar-refractivity contribution in [3.05, 3.63) is 77.7 Å². The summed E-state index contributed by atoms with van der Waals surface area (Å²) in [5, 5.41) is 11.7. The van der Waals surface area contributed by atoms with Crippen LogP contribution in [-0.2, 0) is 11.3 Å². The second-order valence-electron chi connectivity index (χ2n) is 6.78. The summed E-state index contributed by atoms with van der Waals surface area (Å²) in [5.41, 5.74) is 2.33. The number of thiophene rings is 1. The molecule has 0 spiro atoms. The molecule has 1 aliphatic heterocycles. The largest absolute Gasteiger partial charge is 0.508 e. The lowest BCUT2D eigenvalue weighted by molar-refractivity contribution is 0.0959.